The number of aliphatic hydroxyl groups excluding tert-OH is 1. The van der Waals surface area contributed by atoms with E-state index in [1.807, 2.05) is 24.3 Å². The maximum atomic E-state index is 15.5. The number of hydrogen-bond acceptors (Lipinski definition) is 4. The molecule has 2 heterocycles. The average Bonchev–Trinajstić information content (AvgIpc) is 3.22. The number of H-pyrrole nitrogens is 1. The van der Waals surface area contributed by atoms with Crippen LogP contribution in [0.25, 0.3) is 10.9 Å². The molecule has 2 atom stereocenters. The zero-order valence-electron chi connectivity index (χ0n) is 20.0. The first-order chi connectivity index (χ1) is 17.3. The molecule has 0 fully saturated rings. The number of aromatic amines is 1. The van der Waals surface area contributed by atoms with Crippen LogP contribution in [0.4, 0.5) is 17.6 Å². The number of rotatable bonds is 11. The van der Waals surface area contributed by atoms with E-state index in [2.05, 4.69) is 32.9 Å². The highest BCUT2D eigenvalue weighted by Gasteiger charge is 2.43. The summed E-state index contributed by atoms with van der Waals surface area (Å²) in [5.74, 6) is -3.41. The van der Waals surface area contributed by atoms with Gasteiger partial charge in [0.2, 0.25) is 0 Å². The van der Waals surface area contributed by atoms with Crippen molar-refractivity contribution in [1.82, 2.24) is 15.2 Å². The SMILES string of the molecule is Cc1c(OCCNCCCF)ccc(F)c1[C@@H]1c2[nH]c3ccccc3c2C[C@@H](I)N1CC(F)(F)CO. The number of aliphatic hydroxyl groups is 1. The number of halogens is 5. The maximum Gasteiger partial charge on any atom is 0.283 e. The van der Waals surface area contributed by atoms with Gasteiger partial charge in [0.05, 0.1) is 23.3 Å². The van der Waals surface area contributed by atoms with Crippen molar-refractivity contribution in [3.63, 3.8) is 0 Å². The highest BCUT2D eigenvalue weighted by molar-refractivity contribution is 14.1. The number of benzene rings is 2. The molecule has 0 amide bonds. The summed E-state index contributed by atoms with van der Waals surface area (Å²) in [5, 5.41) is 13.4. The molecule has 0 unspecified atom stereocenters. The molecule has 0 bridgehead atoms. The summed E-state index contributed by atoms with van der Waals surface area (Å²) >= 11 is 2.12. The van der Waals surface area contributed by atoms with Gasteiger partial charge in [-0.1, -0.05) is 40.8 Å². The molecule has 1 aromatic heterocycles. The lowest BCUT2D eigenvalue weighted by Crippen LogP contribution is -2.48. The van der Waals surface area contributed by atoms with Crippen LogP contribution in [0, 0.1) is 12.7 Å². The Kier molecular flexibility index (Phi) is 8.79. The molecule has 0 aliphatic carbocycles. The van der Waals surface area contributed by atoms with Gasteiger partial charge in [-0.25, -0.2) is 13.2 Å². The molecule has 3 aromatic rings. The summed E-state index contributed by atoms with van der Waals surface area (Å²) in [7, 11) is 0. The summed E-state index contributed by atoms with van der Waals surface area (Å²) in [6.07, 6.45) is 0.916. The van der Waals surface area contributed by atoms with Crippen molar-refractivity contribution in [2.75, 3.05) is 39.5 Å². The van der Waals surface area contributed by atoms with Gasteiger partial charge in [0, 0.05) is 28.7 Å². The Hall–Kier alpha value is -1.89. The van der Waals surface area contributed by atoms with Crippen LogP contribution in [0.2, 0.25) is 0 Å². The Labute approximate surface area is 221 Å². The maximum absolute atomic E-state index is 15.5. The molecule has 0 saturated heterocycles. The predicted molar refractivity (Wildman–Crippen MR) is 140 cm³/mol. The van der Waals surface area contributed by atoms with E-state index < -0.39 is 37.6 Å². The second-order valence-electron chi connectivity index (χ2n) is 9.02. The number of ether oxygens (including phenoxy) is 1. The molecule has 5 nitrogen and oxygen atoms in total. The zero-order chi connectivity index (χ0) is 25.9. The van der Waals surface area contributed by atoms with Gasteiger partial charge in [-0.15, -0.1) is 0 Å². The topological polar surface area (TPSA) is 60.5 Å². The van der Waals surface area contributed by atoms with Crippen molar-refractivity contribution in [3.05, 3.63) is 64.6 Å². The smallest absolute Gasteiger partial charge is 0.283 e. The van der Waals surface area contributed by atoms with Gasteiger partial charge in [0.25, 0.3) is 5.92 Å². The molecule has 196 valence electrons. The molecule has 0 radical (unpaired) electrons. The summed E-state index contributed by atoms with van der Waals surface area (Å²) in [6.45, 7) is 0.636. The van der Waals surface area contributed by atoms with Crippen LogP contribution in [0.5, 0.6) is 5.75 Å². The third-order valence-electron chi connectivity index (χ3n) is 6.54. The second kappa shape index (κ2) is 11.7. The highest BCUT2D eigenvalue weighted by atomic mass is 127. The van der Waals surface area contributed by atoms with Gasteiger partial charge < -0.3 is 20.1 Å². The largest absolute Gasteiger partial charge is 0.492 e. The molecule has 10 heteroatoms. The number of aromatic nitrogens is 1. The van der Waals surface area contributed by atoms with E-state index in [0.717, 1.165) is 16.5 Å². The molecule has 0 spiro atoms. The monoisotopic (exact) mass is 619 g/mol. The van der Waals surface area contributed by atoms with Crippen LogP contribution < -0.4 is 10.1 Å². The first-order valence-electron chi connectivity index (χ1n) is 11.9. The molecule has 0 saturated carbocycles. The number of fused-ring (bicyclic) bond motifs is 3. The zero-order valence-corrected chi connectivity index (χ0v) is 22.1. The Morgan fingerprint density at radius 2 is 2.00 bits per heavy atom. The molecule has 1 aliphatic rings. The lowest BCUT2D eigenvalue weighted by atomic mass is 9.89. The third kappa shape index (κ3) is 5.66. The van der Waals surface area contributed by atoms with E-state index in [4.69, 9.17) is 4.74 Å². The Balaban J connectivity index is 1.75. The first kappa shape index (κ1) is 27.2. The third-order valence-corrected chi connectivity index (χ3v) is 7.69. The number of nitrogens with one attached hydrogen (secondary N) is 2. The van der Waals surface area contributed by atoms with Gasteiger partial charge in [-0.05, 0) is 55.6 Å². The van der Waals surface area contributed by atoms with E-state index in [1.54, 1.807) is 17.9 Å². The standard InChI is InChI=1S/C26H30F4IN3O2/c1-16-21(36-12-11-32-10-4-9-27)8-7-19(28)23(16)25-24-18(17-5-2-3-6-20(17)33-24)13-22(31)34(25)14-26(29,30)15-35/h2-3,5-8,22,25,32-33,35H,4,9-15H2,1H3/t22-,25+/m0/s1. The minimum atomic E-state index is -3.35. The van der Waals surface area contributed by atoms with Crippen LogP contribution in [0.3, 0.4) is 0 Å². The quantitative estimate of drug-likeness (QED) is 0.0900. The fourth-order valence-electron chi connectivity index (χ4n) is 4.82. The van der Waals surface area contributed by atoms with Crippen molar-refractivity contribution >= 4 is 33.5 Å². The molecule has 3 N–H and O–H groups in total. The second-order valence-corrected chi connectivity index (χ2v) is 10.5. The van der Waals surface area contributed by atoms with Crippen LogP contribution in [0.15, 0.2) is 36.4 Å². The lowest BCUT2D eigenvalue weighted by Gasteiger charge is -2.42. The van der Waals surface area contributed by atoms with E-state index in [9.17, 15) is 18.3 Å². The Morgan fingerprint density at radius 3 is 2.75 bits per heavy atom. The van der Waals surface area contributed by atoms with Crippen molar-refractivity contribution in [1.29, 1.82) is 0 Å². The number of para-hydroxylation sites is 1. The van der Waals surface area contributed by atoms with Crippen LogP contribution in [-0.4, -0.2) is 64.5 Å². The van der Waals surface area contributed by atoms with Crippen molar-refractivity contribution in [3.8, 4) is 5.75 Å². The van der Waals surface area contributed by atoms with Crippen LogP contribution in [-0.2, 0) is 6.42 Å². The van der Waals surface area contributed by atoms with Crippen molar-refractivity contribution in [2.45, 2.75) is 35.8 Å². The fraction of sp³-hybridized carbons (Fsp3) is 0.462. The predicted octanol–water partition coefficient (Wildman–Crippen LogP) is 5.28. The first-order valence-corrected chi connectivity index (χ1v) is 13.2. The van der Waals surface area contributed by atoms with E-state index in [1.165, 1.54) is 6.07 Å². The van der Waals surface area contributed by atoms with E-state index >= 15 is 4.39 Å². The Morgan fingerprint density at radius 1 is 1.22 bits per heavy atom. The summed E-state index contributed by atoms with van der Waals surface area (Å²) in [5.41, 5.74) is 3.29. The lowest BCUT2D eigenvalue weighted by molar-refractivity contribution is -0.0804. The summed E-state index contributed by atoms with van der Waals surface area (Å²) in [4.78, 5) is 4.92. The van der Waals surface area contributed by atoms with E-state index in [-0.39, 0.29) is 9.61 Å². The van der Waals surface area contributed by atoms with Crippen molar-refractivity contribution in [2.24, 2.45) is 0 Å². The summed E-state index contributed by atoms with van der Waals surface area (Å²) in [6, 6.07) is 9.71. The number of alkyl halides is 4. The number of nitrogens with zero attached hydrogens (tertiary/aromatic N) is 1. The molecule has 4 rings (SSSR count). The molecule has 1 aliphatic heterocycles. The van der Waals surface area contributed by atoms with Gasteiger partial charge >= 0.3 is 0 Å². The van der Waals surface area contributed by atoms with Gasteiger partial charge in [-0.3, -0.25) is 9.29 Å². The van der Waals surface area contributed by atoms with E-state index in [0.29, 0.717) is 49.5 Å². The van der Waals surface area contributed by atoms with Gasteiger partial charge in [-0.2, -0.15) is 0 Å². The normalized spacial score (nSPS) is 18.5. The molecular formula is C26H30F4IN3O2. The van der Waals surface area contributed by atoms with Crippen LogP contribution >= 0.6 is 22.6 Å². The highest BCUT2D eigenvalue weighted by Crippen LogP contribution is 2.46. The molecule has 36 heavy (non-hydrogen) atoms. The fourth-order valence-corrected chi connectivity index (χ4v) is 5.78. The molecular weight excluding hydrogens is 589 g/mol. The van der Waals surface area contributed by atoms with Crippen molar-refractivity contribution < 1.29 is 27.4 Å². The van der Waals surface area contributed by atoms with Gasteiger partial charge in [0.1, 0.15) is 24.8 Å². The minimum absolute atomic E-state index is 0.265. The molecule has 2 aromatic carbocycles. The van der Waals surface area contributed by atoms with Crippen LogP contribution in [0.1, 0.15) is 34.8 Å². The Bertz CT molecular complexity index is 1190. The van der Waals surface area contributed by atoms with Gasteiger partial charge in [0.15, 0.2) is 0 Å². The minimum Gasteiger partial charge on any atom is -0.492 e. The summed E-state index contributed by atoms with van der Waals surface area (Å²) < 4.78 is 62.3. The average molecular weight is 619 g/mol. The number of hydrogen-bond donors (Lipinski definition) is 3.